The van der Waals surface area contributed by atoms with E-state index in [-0.39, 0.29) is 11.9 Å². The molecule has 4 nitrogen and oxygen atoms in total. The van der Waals surface area contributed by atoms with Crippen LogP contribution in [0, 0.1) is 5.41 Å². The summed E-state index contributed by atoms with van der Waals surface area (Å²) in [6.07, 6.45) is 10.8. The molecule has 0 heterocycles. The Bertz CT molecular complexity index is 305. The molecule has 0 radical (unpaired) electrons. The van der Waals surface area contributed by atoms with Crippen LogP contribution in [0.1, 0.15) is 85.0 Å². The molecule has 0 unspecified atom stereocenters. The highest BCUT2D eigenvalue weighted by atomic mass is 16.5. The summed E-state index contributed by atoms with van der Waals surface area (Å²) >= 11 is 0. The lowest BCUT2D eigenvalue weighted by molar-refractivity contribution is -0.153. The molecule has 0 aromatic carbocycles. The van der Waals surface area contributed by atoms with Gasteiger partial charge in [-0.3, -0.25) is 9.59 Å². The lowest BCUT2D eigenvalue weighted by Crippen LogP contribution is -2.23. The van der Waals surface area contributed by atoms with Crippen molar-refractivity contribution in [2.24, 2.45) is 5.41 Å². The minimum Gasteiger partial charge on any atom is -0.469 e. The summed E-state index contributed by atoms with van der Waals surface area (Å²) in [5.41, 5.74) is -0.395. The number of carbonyl (C=O) groups is 2. The fraction of sp³-hybridized carbons (Fsp3) is 0.889. The number of unbranched alkanes of at least 4 members (excludes halogenated alkanes) is 8. The lowest BCUT2D eigenvalue weighted by atomic mass is 9.97. The average Bonchev–Trinajstić information content (AvgIpc) is 2.46. The van der Waals surface area contributed by atoms with Crippen LogP contribution in [-0.2, 0) is 19.1 Å². The summed E-state index contributed by atoms with van der Waals surface area (Å²) < 4.78 is 9.84. The largest absolute Gasteiger partial charge is 0.469 e. The van der Waals surface area contributed by atoms with E-state index in [9.17, 15) is 9.59 Å². The molecular weight excluding hydrogens is 280 g/mol. The highest BCUT2D eigenvalue weighted by Gasteiger charge is 2.22. The van der Waals surface area contributed by atoms with E-state index in [0.29, 0.717) is 13.0 Å². The Morgan fingerprint density at radius 2 is 1.23 bits per heavy atom. The van der Waals surface area contributed by atoms with E-state index >= 15 is 0 Å². The third-order valence-corrected chi connectivity index (χ3v) is 3.60. The standard InChI is InChI=1S/C18H34O4/c1-18(2,3)17(20)22-15-13-11-9-7-5-6-8-10-12-14-16(19)21-4/h5-15H2,1-4H3. The van der Waals surface area contributed by atoms with E-state index in [1.807, 2.05) is 20.8 Å². The first-order valence-corrected chi connectivity index (χ1v) is 8.62. The average molecular weight is 314 g/mol. The van der Waals surface area contributed by atoms with Crippen molar-refractivity contribution in [1.29, 1.82) is 0 Å². The molecule has 0 rings (SSSR count). The molecule has 0 amide bonds. The van der Waals surface area contributed by atoms with E-state index in [0.717, 1.165) is 25.7 Å². The van der Waals surface area contributed by atoms with Gasteiger partial charge in [-0.1, -0.05) is 44.9 Å². The minimum absolute atomic E-state index is 0.104. The first-order chi connectivity index (χ1) is 10.4. The molecule has 130 valence electrons. The second kappa shape index (κ2) is 12.5. The maximum Gasteiger partial charge on any atom is 0.311 e. The summed E-state index contributed by atoms with van der Waals surface area (Å²) in [4.78, 5) is 22.5. The van der Waals surface area contributed by atoms with Crippen LogP contribution in [0.15, 0.2) is 0 Å². The molecule has 0 bridgehead atoms. The van der Waals surface area contributed by atoms with E-state index in [2.05, 4.69) is 4.74 Å². The normalized spacial score (nSPS) is 11.3. The van der Waals surface area contributed by atoms with E-state index in [4.69, 9.17) is 4.74 Å². The van der Waals surface area contributed by atoms with Crippen molar-refractivity contribution in [3.05, 3.63) is 0 Å². The van der Waals surface area contributed by atoms with Crippen molar-refractivity contribution in [2.75, 3.05) is 13.7 Å². The highest BCUT2D eigenvalue weighted by Crippen LogP contribution is 2.16. The molecule has 0 aliphatic carbocycles. The first kappa shape index (κ1) is 20.9. The highest BCUT2D eigenvalue weighted by molar-refractivity contribution is 5.75. The van der Waals surface area contributed by atoms with Gasteiger partial charge in [-0.05, 0) is 33.6 Å². The summed E-state index contributed by atoms with van der Waals surface area (Å²) in [5.74, 6) is -0.216. The number of hydrogen-bond donors (Lipinski definition) is 0. The molecule has 0 N–H and O–H groups in total. The summed E-state index contributed by atoms with van der Waals surface area (Å²) in [7, 11) is 1.44. The number of carbonyl (C=O) groups excluding carboxylic acids is 2. The first-order valence-electron chi connectivity index (χ1n) is 8.62. The molecule has 0 fully saturated rings. The van der Waals surface area contributed by atoms with Gasteiger partial charge in [0.05, 0.1) is 19.1 Å². The zero-order valence-electron chi connectivity index (χ0n) is 14.9. The van der Waals surface area contributed by atoms with Gasteiger partial charge in [0.2, 0.25) is 0 Å². The fourth-order valence-electron chi connectivity index (χ4n) is 2.09. The Balaban J connectivity index is 3.21. The van der Waals surface area contributed by atoms with Crippen LogP contribution in [-0.4, -0.2) is 25.7 Å². The predicted octanol–water partition coefficient (Wildman–Crippen LogP) is 4.65. The Kier molecular flexibility index (Phi) is 11.9. The zero-order valence-corrected chi connectivity index (χ0v) is 14.9. The number of esters is 2. The van der Waals surface area contributed by atoms with Gasteiger partial charge >= 0.3 is 11.9 Å². The zero-order chi connectivity index (χ0) is 16.8. The summed E-state index contributed by atoms with van der Waals surface area (Å²) in [6.45, 7) is 6.17. The fourth-order valence-corrected chi connectivity index (χ4v) is 2.09. The Morgan fingerprint density at radius 3 is 1.68 bits per heavy atom. The van der Waals surface area contributed by atoms with E-state index < -0.39 is 5.41 Å². The van der Waals surface area contributed by atoms with Gasteiger partial charge in [-0.25, -0.2) is 0 Å². The van der Waals surface area contributed by atoms with E-state index in [1.165, 1.54) is 39.2 Å². The molecule has 0 saturated carbocycles. The maximum atomic E-state index is 11.5. The smallest absolute Gasteiger partial charge is 0.311 e. The molecule has 0 aromatic rings. The Hall–Kier alpha value is -1.06. The van der Waals surface area contributed by atoms with Crippen LogP contribution >= 0.6 is 0 Å². The Labute approximate surface area is 135 Å². The van der Waals surface area contributed by atoms with Crippen molar-refractivity contribution < 1.29 is 19.1 Å². The molecular formula is C18H34O4. The van der Waals surface area contributed by atoms with Gasteiger partial charge in [0.25, 0.3) is 0 Å². The van der Waals surface area contributed by atoms with Crippen LogP contribution in [0.3, 0.4) is 0 Å². The van der Waals surface area contributed by atoms with Crippen LogP contribution in [0.2, 0.25) is 0 Å². The molecule has 4 heteroatoms. The second-order valence-electron chi connectivity index (χ2n) is 6.89. The summed E-state index contributed by atoms with van der Waals surface area (Å²) in [5, 5.41) is 0. The van der Waals surface area contributed by atoms with Crippen LogP contribution in [0.4, 0.5) is 0 Å². The molecule has 22 heavy (non-hydrogen) atoms. The van der Waals surface area contributed by atoms with Crippen LogP contribution < -0.4 is 0 Å². The van der Waals surface area contributed by atoms with Gasteiger partial charge in [-0.15, -0.1) is 0 Å². The molecule has 0 aliphatic heterocycles. The van der Waals surface area contributed by atoms with Gasteiger partial charge in [0.1, 0.15) is 0 Å². The quantitative estimate of drug-likeness (QED) is 0.388. The maximum absolute atomic E-state index is 11.5. The SMILES string of the molecule is COC(=O)CCCCCCCCCCCOC(=O)C(C)(C)C. The van der Waals surface area contributed by atoms with Gasteiger partial charge < -0.3 is 9.47 Å². The molecule has 0 aliphatic rings. The molecule has 0 saturated heterocycles. The molecule has 0 spiro atoms. The van der Waals surface area contributed by atoms with E-state index in [1.54, 1.807) is 0 Å². The lowest BCUT2D eigenvalue weighted by Gasteiger charge is -2.16. The Morgan fingerprint density at radius 1 is 0.773 bits per heavy atom. The number of rotatable bonds is 12. The molecule has 0 aromatic heterocycles. The number of methoxy groups -OCH3 is 1. The third kappa shape index (κ3) is 12.7. The summed E-state index contributed by atoms with van der Waals surface area (Å²) in [6, 6.07) is 0. The second-order valence-corrected chi connectivity index (χ2v) is 6.89. The predicted molar refractivity (Wildman–Crippen MR) is 88.6 cm³/mol. The van der Waals surface area contributed by atoms with Gasteiger partial charge in [0, 0.05) is 6.42 Å². The van der Waals surface area contributed by atoms with Crippen molar-refractivity contribution in [3.63, 3.8) is 0 Å². The molecule has 0 atom stereocenters. The van der Waals surface area contributed by atoms with Crippen molar-refractivity contribution >= 4 is 11.9 Å². The van der Waals surface area contributed by atoms with Gasteiger partial charge in [0.15, 0.2) is 0 Å². The van der Waals surface area contributed by atoms with Crippen LogP contribution in [0.25, 0.3) is 0 Å². The third-order valence-electron chi connectivity index (χ3n) is 3.60. The minimum atomic E-state index is -0.395. The van der Waals surface area contributed by atoms with Crippen molar-refractivity contribution in [1.82, 2.24) is 0 Å². The number of hydrogen-bond acceptors (Lipinski definition) is 4. The van der Waals surface area contributed by atoms with Crippen molar-refractivity contribution in [3.8, 4) is 0 Å². The van der Waals surface area contributed by atoms with Gasteiger partial charge in [-0.2, -0.15) is 0 Å². The topological polar surface area (TPSA) is 52.6 Å². The van der Waals surface area contributed by atoms with Crippen molar-refractivity contribution in [2.45, 2.75) is 85.0 Å². The van der Waals surface area contributed by atoms with Crippen LogP contribution in [0.5, 0.6) is 0 Å². The monoisotopic (exact) mass is 314 g/mol. The number of ether oxygens (including phenoxy) is 2.